The van der Waals surface area contributed by atoms with E-state index in [2.05, 4.69) is 47.1 Å². The molecule has 2 aromatic heterocycles. The second-order valence-corrected chi connectivity index (χ2v) is 5.08. The molecule has 2 rings (SSSR count). The van der Waals surface area contributed by atoms with Gasteiger partial charge in [0.05, 0.1) is 5.69 Å². The van der Waals surface area contributed by atoms with E-state index in [0.29, 0.717) is 0 Å². The van der Waals surface area contributed by atoms with E-state index in [4.69, 9.17) is 0 Å². The monoisotopic (exact) mass is 249 g/mol. The average molecular weight is 249 g/mol. The predicted octanol–water partition coefficient (Wildman–Crippen LogP) is 3.68. The lowest BCUT2D eigenvalue weighted by molar-refractivity contribution is 0.649. The maximum atomic E-state index is 4.57. The molecule has 1 N–H and O–H groups in total. The molecule has 0 atom stereocenters. The maximum Gasteiger partial charge on any atom is 0.182 e. The van der Waals surface area contributed by atoms with Crippen LogP contribution in [0.3, 0.4) is 0 Å². The van der Waals surface area contributed by atoms with Crippen molar-refractivity contribution < 1.29 is 0 Å². The first-order chi connectivity index (χ1) is 8.17. The molecule has 2 aromatic rings. The van der Waals surface area contributed by atoms with Gasteiger partial charge >= 0.3 is 0 Å². The Kier molecular flexibility index (Phi) is 3.52. The van der Waals surface area contributed by atoms with Crippen LogP contribution in [0.5, 0.6) is 0 Å². The number of nitrogens with zero attached hydrogens (tertiary/aromatic N) is 2. The van der Waals surface area contributed by atoms with Crippen molar-refractivity contribution >= 4 is 16.5 Å². The maximum absolute atomic E-state index is 4.57. The van der Waals surface area contributed by atoms with Gasteiger partial charge < -0.3 is 9.88 Å². The molecule has 0 aliphatic rings. The summed E-state index contributed by atoms with van der Waals surface area (Å²) in [5, 5.41) is 6.17. The first-order valence-corrected chi connectivity index (χ1v) is 6.85. The highest BCUT2D eigenvalue weighted by Gasteiger charge is 2.12. The largest absolute Gasteiger partial charge is 0.365 e. The van der Waals surface area contributed by atoms with Gasteiger partial charge in [0.2, 0.25) is 0 Å². The van der Waals surface area contributed by atoms with Gasteiger partial charge in [0.15, 0.2) is 5.13 Å². The third-order valence-corrected chi connectivity index (χ3v) is 3.87. The molecule has 4 heteroatoms. The van der Waals surface area contributed by atoms with E-state index in [1.807, 2.05) is 7.05 Å². The molecule has 0 fully saturated rings. The van der Waals surface area contributed by atoms with E-state index in [0.717, 1.165) is 23.8 Å². The summed E-state index contributed by atoms with van der Waals surface area (Å²) in [5.41, 5.74) is 4.97. The molecule has 0 bridgehead atoms. The van der Waals surface area contributed by atoms with E-state index in [9.17, 15) is 0 Å². The number of anilines is 1. The first-order valence-electron chi connectivity index (χ1n) is 5.97. The van der Waals surface area contributed by atoms with Crippen LogP contribution in [0.4, 0.5) is 5.13 Å². The van der Waals surface area contributed by atoms with Gasteiger partial charge in [0.1, 0.15) is 0 Å². The van der Waals surface area contributed by atoms with E-state index in [1.54, 1.807) is 11.3 Å². The highest BCUT2D eigenvalue weighted by molar-refractivity contribution is 7.14. The van der Waals surface area contributed by atoms with Crippen molar-refractivity contribution in [2.24, 2.45) is 0 Å². The summed E-state index contributed by atoms with van der Waals surface area (Å²) in [7, 11) is 1.91. The molecule has 3 nitrogen and oxygen atoms in total. The van der Waals surface area contributed by atoms with Crippen LogP contribution in [0.25, 0.3) is 11.3 Å². The van der Waals surface area contributed by atoms with Crippen LogP contribution >= 0.6 is 11.3 Å². The Bertz CT molecular complexity index is 511. The molecule has 0 aromatic carbocycles. The summed E-state index contributed by atoms with van der Waals surface area (Å²) in [6.07, 6.45) is 1.16. The average Bonchev–Trinajstić information content (AvgIpc) is 2.89. The van der Waals surface area contributed by atoms with E-state index < -0.39 is 0 Å². The number of thiazole rings is 1. The Balaban J connectivity index is 2.42. The van der Waals surface area contributed by atoms with Crippen LogP contribution in [0.15, 0.2) is 11.4 Å². The Labute approximate surface area is 107 Å². The lowest BCUT2D eigenvalue weighted by Crippen LogP contribution is -2.01. The number of hydrogen-bond donors (Lipinski definition) is 1. The smallest absolute Gasteiger partial charge is 0.182 e. The third-order valence-electron chi connectivity index (χ3n) is 3.01. The Morgan fingerprint density at radius 3 is 2.76 bits per heavy atom. The summed E-state index contributed by atoms with van der Waals surface area (Å²) in [6, 6.07) is 2.24. The van der Waals surface area contributed by atoms with Crippen LogP contribution in [0.1, 0.15) is 24.7 Å². The van der Waals surface area contributed by atoms with Gasteiger partial charge in [-0.1, -0.05) is 6.92 Å². The Hall–Kier alpha value is -1.29. The van der Waals surface area contributed by atoms with E-state index >= 15 is 0 Å². The molecule has 17 heavy (non-hydrogen) atoms. The van der Waals surface area contributed by atoms with Crippen molar-refractivity contribution in [3.8, 4) is 11.3 Å². The standard InChI is InChI=1S/C13H19N3S/c1-5-6-16-9(2)7-11(10(16)3)12-8-17-13(14-4)15-12/h7-8H,5-6H2,1-4H3,(H,14,15). The SMILES string of the molecule is CCCn1c(C)cc(-c2csc(NC)n2)c1C. The molecule has 0 saturated carbocycles. The van der Waals surface area contributed by atoms with Crippen molar-refractivity contribution in [2.75, 3.05) is 12.4 Å². The van der Waals surface area contributed by atoms with Gasteiger partial charge in [-0.15, -0.1) is 11.3 Å². The fourth-order valence-corrected chi connectivity index (χ4v) is 2.81. The van der Waals surface area contributed by atoms with Gasteiger partial charge in [-0.05, 0) is 26.3 Å². The van der Waals surface area contributed by atoms with Crippen molar-refractivity contribution in [3.05, 3.63) is 22.8 Å². The van der Waals surface area contributed by atoms with Crippen LogP contribution < -0.4 is 5.32 Å². The van der Waals surface area contributed by atoms with Crippen molar-refractivity contribution in [1.29, 1.82) is 0 Å². The molecule has 0 aliphatic carbocycles. The molecule has 0 amide bonds. The highest BCUT2D eigenvalue weighted by atomic mass is 32.1. The topological polar surface area (TPSA) is 29.9 Å². The fourth-order valence-electron chi connectivity index (χ4n) is 2.14. The lowest BCUT2D eigenvalue weighted by atomic mass is 10.2. The fraction of sp³-hybridized carbons (Fsp3) is 0.462. The minimum atomic E-state index is 0.972. The van der Waals surface area contributed by atoms with Crippen molar-refractivity contribution in [3.63, 3.8) is 0 Å². The summed E-state index contributed by atoms with van der Waals surface area (Å²) in [6.45, 7) is 7.63. The van der Waals surface area contributed by atoms with Crippen LogP contribution in [0.2, 0.25) is 0 Å². The highest BCUT2D eigenvalue weighted by Crippen LogP contribution is 2.29. The zero-order valence-corrected chi connectivity index (χ0v) is 11.7. The second-order valence-electron chi connectivity index (χ2n) is 4.22. The molecule has 0 spiro atoms. The van der Waals surface area contributed by atoms with Gasteiger partial charge in [0.25, 0.3) is 0 Å². The van der Waals surface area contributed by atoms with Crippen LogP contribution in [0, 0.1) is 13.8 Å². The predicted molar refractivity (Wildman–Crippen MR) is 74.9 cm³/mol. The minimum Gasteiger partial charge on any atom is -0.365 e. The van der Waals surface area contributed by atoms with Crippen molar-refractivity contribution in [2.45, 2.75) is 33.7 Å². The van der Waals surface area contributed by atoms with Crippen molar-refractivity contribution in [1.82, 2.24) is 9.55 Å². The first kappa shape index (κ1) is 12.2. The molecule has 0 radical (unpaired) electrons. The normalized spacial score (nSPS) is 10.8. The quantitative estimate of drug-likeness (QED) is 0.895. The zero-order valence-electron chi connectivity index (χ0n) is 10.9. The number of aryl methyl sites for hydroxylation is 1. The lowest BCUT2D eigenvalue weighted by Gasteiger charge is -2.07. The second kappa shape index (κ2) is 4.92. The third kappa shape index (κ3) is 2.22. The Morgan fingerprint density at radius 1 is 1.41 bits per heavy atom. The molecule has 0 unspecified atom stereocenters. The molecule has 92 valence electrons. The van der Waals surface area contributed by atoms with E-state index in [-0.39, 0.29) is 0 Å². The number of hydrogen-bond acceptors (Lipinski definition) is 3. The summed E-state index contributed by atoms with van der Waals surface area (Å²) >= 11 is 1.65. The molecule has 0 aliphatic heterocycles. The molecule has 0 saturated heterocycles. The summed E-state index contributed by atoms with van der Waals surface area (Å²) < 4.78 is 2.37. The van der Waals surface area contributed by atoms with Gasteiger partial charge in [-0.3, -0.25) is 0 Å². The van der Waals surface area contributed by atoms with Crippen LogP contribution in [-0.2, 0) is 6.54 Å². The molecule has 2 heterocycles. The van der Waals surface area contributed by atoms with Gasteiger partial charge in [-0.25, -0.2) is 4.98 Å². The van der Waals surface area contributed by atoms with Crippen LogP contribution in [-0.4, -0.2) is 16.6 Å². The minimum absolute atomic E-state index is 0.972. The number of rotatable bonds is 4. The van der Waals surface area contributed by atoms with Gasteiger partial charge in [0, 0.05) is 35.9 Å². The summed E-state index contributed by atoms with van der Waals surface area (Å²) in [4.78, 5) is 4.57. The number of aromatic nitrogens is 2. The van der Waals surface area contributed by atoms with Gasteiger partial charge in [-0.2, -0.15) is 0 Å². The number of nitrogens with one attached hydrogen (secondary N) is 1. The zero-order chi connectivity index (χ0) is 12.4. The Morgan fingerprint density at radius 2 is 2.18 bits per heavy atom. The summed E-state index contributed by atoms with van der Waals surface area (Å²) in [5.74, 6) is 0. The van der Waals surface area contributed by atoms with E-state index in [1.165, 1.54) is 17.0 Å². The molecular weight excluding hydrogens is 230 g/mol. The molecular formula is C13H19N3S.